The number of thioether (sulfide) groups is 1. The topological polar surface area (TPSA) is 155 Å². The molecule has 59 heavy (non-hydrogen) atoms. The maximum Gasteiger partial charge on any atom is 0.331 e. The zero-order valence-electron chi connectivity index (χ0n) is 33.5. The van der Waals surface area contributed by atoms with Crippen LogP contribution >= 0.6 is 11.8 Å². The highest BCUT2D eigenvalue weighted by molar-refractivity contribution is 7.99. The summed E-state index contributed by atoms with van der Waals surface area (Å²) in [6, 6.07) is 15.8. The smallest absolute Gasteiger partial charge is 0.331 e. The van der Waals surface area contributed by atoms with Crippen LogP contribution in [0.5, 0.6) is 40.2 Å². The second kappa shape index (κ2) is 14.2. The third-order valence-corrected chi connectivity index (χ3v) is 14.9. The average molecular weight is 819 g/mol. The fraction of sp³-hybridized carbons (Fsp3) is 0.422. The Kier molecular flexibility index (Phi) is 9.09. The van der Waals surface area contributed by atoms with Crippen molar-refractivity contribution in [2.45, 2.75) is 74.3 Å². The van der Waals surface area contributed by atoms with E-state index in [2.05, 4.69) is 27.3 Å². The predicted molar refractivity (Wildman–Crippen MR) is 217 cm³/mol. The maximum atomic E-state index is 14.9. The number of carbonyl (C=O) groups is 1. The first-order valence-corrected chi connectivity index (χ1v) is 21.0. The standard InChI is InChI=1S/C45H46N4O9S/c1-22-13-26-14-28-29(17-46)49-30-19-56-44(52)45(27-16-32(53-4)31(50)15-25(27)11-12-47-45)20-59-43(37(49)36(48(28)3)33(26)38(51)39(22)54-5)35-34(30)42-41(57-21-58-42)23(2)40(35)55-18-24-9-7-6-8-10-24/h6-10,13,15-16,28-30,36-37,43,47,50-51H,11-12,14,18-21H2,1-5H3/t28-,29+,30+,36-,37?,43-,45-/m1/s1. The Hall–Kier alpha value is -5.33. The molecule has 0 aliphatic carbocycles. The number of fused-ring (bicyclic) bond motifs is 9. The number of rotatable bonds is 5. The molecule has 0 saturated carbocycles. The Labute approximate surface area is 346 Å². The highest BCUT2D eigenvalue weighted by Crippen LogP contribution is 2.64. The number of phenolic OH excluding ortho intramolecular Hbond substituents is 2. The Bertz CT molecular complexity index is 2440. The number of nitrogens with zero attached hydrogens (tertiary/aromatic N) is 3. The Morgan fingerprint density at radius 3 is 2.56 bits per heavy atom. The number of nitriles is 1. The first-order chi connectivity index (χ1) is 28.6. The van der Waals surface area contributed by atoms with Gasteiger partial charge in [0.2, 0.25) is 6.79 Å². The van der Waals surface area contributed by atoms with E-state index in [0.29, 0.717) is 47.9 Å². The van der Waals surface area contributed by atoms with E-state index in [1.807, 2.05) is 51.2 Å². The highest BCUT2D eigenvalue weighted by Gasteiger charge is 2.61. The van der Waals surface area contributed by atoms with Crippen molar-refractivity contribution in [2.24, 2.45) is 0 Å². The van der Waals surface area contributed by atoms with Gasteiger partial charge in [0.15, 0.2) is 40.0 Å². The monoisotopic (exact) mass is 818 g/mol. The maximum absolute atomic E-state index is 14.9. The van der Waals surface area contributed by atoms with E-state index in [1.54, 1.807) is 31.0 Å². The van der Waals surface area contributed by atoms with Crippen molar-refractivity contribution >= 4 is 17.7 Å². The molecule has 1 unspecified atom stereocenters. The molecule has 4 aromatic rings. The molecule has 0 radical (unpaired) electrons. The quantitative estimate of drug-likeness (QED) is 0.213. The molecule has 0 aromatic heterocycles. The summed E-state index contributed by atoms with van der Waals surface area (Å²) in [6.45, 7) is 4.57. The second-order valence-electron chi connectivity index (χ2n) is 16.3. The van der Waals surface area contributed by atoms with Gasteiger partial charge in [0.05, 0.1) is 37.6 Å². The highest BCUT2D eigenvalue weighted by atomic mass is 32.2. The summed E-state index contributed by atoms with van der Waals surface area (Å²) in [5, 5.41) is 37.4. The number of esters is 1. The Morgan fingerprint density at radius 1 is 1.00 bits per heavy atom. The number of piperazine rings is 1. The molecular formula is C45H46N4O9S. The number of methoxy groups -OCH3 is 2. The van der Waals surface area contributed by atoms with Crippen molar-refractivity contribution in [3.63, 3.8) is 0 Å². The number of hydrogen-bond acceptors (Lipinski definition) is 14. The van der Waals surface area contributed by atoms with Crippen molar-refractivity contribution in [1.82, 2.24) is 15.1 Å². The molecule has 7 atom stereocenters. The molecule has 4 bridgehead atoms. The van der Waals surface area contributed by atoms with Crippen LogP contribution in [0.15, 0.2) is 48.5 Å². The predicted octanol–water partition coefficient (Wildman–Crippen LogP) is 5.64. The largest absolute Gasteiger partial charge is 0.504 e. The third-order valence-electron chi connectivity index (χ3n) is 13.4. The summed E-state index contributed by atoms with van der Waals surface area (Å²) in [5.41, 5.74) is 6.21. The van der Waals surface area contributed by atoms with Crippen molar-refractivity contribution < 1.29 is 43.4 Å². The van der Waals surface area contributed by atoms with Crippen LogP contribution in [0, 0.1) is 25.2 Å². The van der Waals surface area contributed by atoms with Crippen molar-refractivity contribution in [3.8, 4) is 46.3 Å². The molecule has 306 valence electrons. The lowest BCUT2D eigenvalue weighted by atomic mass is 9.71. The van der Waals surface area contributed by atoms with Gasteiger partial charge in [-0.2, -0.15) is 5.26 Å². The number of aromatic hydroxyl groups is 2. The number of benzene rings is 4. The summed E-state index contributed by atoms with van der Waals surface area (Å²) in [4.78, 5) is 19.4. The van der Waals surface area contributed by atoms with Crippen LogP contribution in [0.4, 0.5) is 0 Å². The van der Waals surface area contributed by atoms with E-state index < -0.39 is 40.9 Å². The number of carbonyl (C=O) groups excluding carboxylic acids is 1. The normalized spacial score (nSPS) is 27.8. The van der Waals surface area contributed by atoms with E-state index in [9.17, 15) is 20.3 Å². The number of hydrogen-bond donors (Lipinski definition) is 3. The van der Waals surface area contributed by atoms with E-state index >= 15 is 0 Å². The summed E-state index contributed by atoms with van der Waals surface area (Å²) in [5.74, 6) is 2.31. The lowest BCUT2D eigenvalue weighted by molar-refractivity contribution is -0.157. The van der Waals surface area contributed by atoms with Crippen molar-refractivity contribution in [2.75, 3.05) is 47.0 Å². The number of likely N-dealkylation sites (N-methyl/N-ethyl adjacent to an activating group) is 1. The van der Waals surface area contributed by atoms with E-state index in [-0.39, 0.29) is 49.0 Å². The van der Waals surface area contributed by atoms with Crippen LogP contribution in [-0.4, -0.2) is 91.1 Å². The van der Waals surface area contributed by atoms with E-state index in [4.69, 9.17) is 28.4 Å². The van der Waals surface area contributed by atoms with Crippen LogP contribution in [0.25, 0.3) is 0 Å². The number of aryl methyl sites for hydroxylation is 1. The van der Waals surface area contributed by atoms with Gasteiger partial charge in [0.1, 0.15) is 25.0 Å². The minimum absolute atomic E-state index is 0.00310. The summed E-state index contributed by atoms with van der Waals surface area (Å²) in [6.07, 6.45) is 1.11. The minimum Gasteiger partial charge on any atom is -0.504 e. The lowest BCUT2D eigenvalue weighted by Crippen LogP contribution is -2.69. The van der Waals surface area contributed by atoms with Gasteiger partial charge < -0.3 is 38.6 Å². The molecule has 1 spiro atoms. The van der Waals surface area contributed by atoms with Gasteiger partial charge in [-0.1, -0.05) is 36.4 Å². The first-order valence-electron chi connectivity index (χ1n) is 20.0. The molecule has 14 heteroatoms. The molecule has 7 aliphatic heterocycles. The van der Waals surface area contributed by atoms with Crippen LogP contribution in [0.2, 0.25) is 0 Å². The van der Waals surface area contributed by atoms with Crippen LogP contribution < -0.4 is 29.0 Å². The zero-order chi connectivity index (χ0) is 40.9. The molecule has 0 amide bonds. The molecule has 13 nitrogen and oxygen atoms in total. The average Bonchev–Trinajstić information content (AvgIpc) is 3.73. The summed E-state index contributed by atoms with van der Waals surface area (Å²) >= 11 is 1.59. The van der Waals surface area contributed by atoms with Crippen LogP contribution in [-0.2, 0) is 34.5 Å². The van der Waals surface area contributed by atoms with Gasteiger partial charge in [-0.25, -0.2) is 4.79 Å². The lowest BCUT2D eigenvalue weighted by Gasteiger charge is -2.62. The molecule has 7 aliphatic rings. The van der Waals surface area contributed by atoms with Crippen LogP contribution in [0.1, 0.15) is 67.4 Å². The van der Waals surface area contributed by atoms with Gasteiger partial charge >= 0.3 is 5.97 Å². The third kappa shape index (κ3) is 5.44. The van der Waals surface area contributed by atoms with Gasteiger partial charge in [0, 0.05) is 46.6 Å². The Morgan fingerprint density at radius 2 is 1.80 bits per heavy atom. The first kappa shape index (κ1) is 37.9. The van der Waals surface area contributed by atoms with Gasteiger partial charge in [-0.15, -0.1) is 11.8 Å². The molecule has 4 aromatic carbocycles. The van der Waals surface area contributed by atoms with E-state index in [1.165, 1.54) is 7.11 Å². The van der Waals surface area contributed by atoms with Crippen molar-refractivity contribution in [1.29, 1.82) is 5.26 Å². The Balaban J connectivity index is 1.24. The molecule has 2 fully saturated rings. The summed E-state index contributed by atoms with van der Waals surface area (Å²) in [7, 11) is 5.10. The number of nitrogens with one attached hydrogen (secondary N) is 1. The van der Waals surface area contributed by atoms with E-state index in [0.717, 1.165) is 44.5 Å². The SMILES string of the molecule is COc1cc2c(cc1O)CCN[C@]21CS[C@@H]2c3c(OCc4ccccc4)c(C)c4c(c3[C@H](COC1=O)N1C2[C@H]2c3c(cc(C)c(OC)c3O)C[C@H]([C@@H]1C#N)N2C)OCO4. The minimum atomic E-state index is -1.32. The number of ether oxygens (including phenoxy) is 6. The molecule has 3 N–H and O–H groups in total. The second-order valence-corrected chi connectivity index (χ2v) is 17.4. The van der Waals surface area contributed by atoms with Crippen LogP contribution in [0.3, 0.4) is 0 Å². The van der Waals surface area contributed by atoms with Gasteiger partial charge in [0.25, 0.3) is 0 Å². The van der Waals surface area contributed by atoms with Crippen molar-refractivity contribution in [3.05, 3.63) is 98.6 Å². The molecule has 7 heterocycles. The number of phenols is 2. The molecular weight excluding hydrogens is 773 g/mol. The molecule has 2 saturated heterocycles. The fourth-order valence-electron chi connectivity index (χ4n) is 10.8. The van der Waals surface area contributed by atoms with Gasteiger partial charge in [-0.3, -0.25) is 15.1 Å². The summed E-state index contributed by atoms with van der Waals surface area (Å²) < 4.78 is 37.5. The molecule has 11 rings (SSSR count). The fourth-order valence-corrected chi connectivity index (χ4v) is 12.5. The zero-order valence-corrected chi connectivity index (χ0v) is 34.4. The van der Waals surface area contributed by atoms with Gasteiger partial charge in [-0.05, 0) is 73.7 Å².